The quantitative estimate of drug-likeness (QED) is 0.193. The summed E-state index contributed by atoms with van der Waals surface area (Å²) in [6, 6.07) is 52.9. The topological polar surface area (TPSA) is 35.9 Å². The van der Waals surface area contributed by atoms with E-state index in [1.165, 1.54) is 65.9 Å². The van der Waals surface area contributed by atoms with Crippen molar-refractivity contribution >= 4 is 76.5 Å². The van der Waals surface area contributed by atoms with Gasteiger partial charge in [0.05, 0.1) is 39.0 Å². The third kappa shape index (κ3) is 3.42. The standard InChI is InChI=1S/C46H27N3O/c1-4-14-38-30(9-1)31-10-2-5-15-39(31)48(38)42-26-45-35(32-11-3-6-17-44(32)50-45)25-34(42)28-18-19-41-36(24-28)46-29-21-27(22-29)23-43(46)49(41)40-16-7-13-37-33(40)12-8-20-47-37/h1-21,23-26H,22H2. The molecule has 4 heterocycles. The van der Waals surface area contributed by atoms with E-state index in [1.807, 2.05) is 18.3 Å². The fourth-order valence-electron chi connectivity index (χ4n) is 8.70. The lowest BCUT2D eigenvalue weighted by molar-refractivity contribution is 0.668. The van der Waals surface area contributed by atoms with Crippen molar-refractivity contribution in [1.29, 1.82) is 0 Å². The highest BCUT2D eigenvalue weighted by Crippen LogP contribution is 2.45. The second kappa shape index (κ2) is 9.49. The molecule has 13 rings (SSSR count). The van der Waals surface area contributed by atoms with Crippen LogP contribution in [0.4, 0.5) is 0 Å². The maximum Gasteiger partial charge on any atom is 0.137 e. The van der Waals surface area contributed by atoms with Gasteiger partial charge in [0.1, 0.15) is 11.2 Å². The smallest absolute Gasteiger partial charge is 0.137 e. The number of nitrogens with zero attached hydrogens (tertiary/aromatic N) is 3. The predicted molar refractivity (Wildman–Crippen MR) is 206 cm³/mol. The Morgan fingerprint density at radius 3 is 2.04 bits per heavy atom. The van der Waals surface area contributed by atoms with E-state index in [2.05, 4.69) is 143 Å². The molecule has 0 aliphatic heterocycles. The number of rotatable bonds is 3. The number of hydrogen-bond donors (Lipinski definition) is 0. The summed E-state index contributed by atoms with van der Waals surface area (Å²) < 4.78 is 11.4. The molecule has 0 radical (unpaired) electrons. The maximum absolute atomic E-state index is 6.52. The molecule has 2 bridgehead atoms. The summed E-state index contributed by atoms with van der Waals surface area (Å²) in [4.78, 5) is 4.69. The van der Waals surface area contributed by atoms with Crippen molar-refractivity contribution in [3.05, 3.63) is 163 Å². The van der Waals surface area contributed by atoms with Crippen LogP contribution < -0.4 is 0 Å². The SMILES string of the molecule is c1cc(-n2c3ccc(-c4cc5c(cc4-n4c6ccccc6c6ccccc64)oc4ccccc45)cc3c3c4cc(cc32)C4)c2cccnc2c1. The molecule has 0 saturated carbocycles. The van der Waals surface area contributed by atoms with E-state index in [9.17, 15) is 0 Å². The Morgan fingerprint density at radius 2 is 1.20 bits per heavy atom. The number of furan rings is 1. The van der Waals surface area contributed by atoms with Gasteiger partial charge >= 0.3 is 0 Å². The number of para-hydroxylation sites is 3. The molecule has 0 fully saturated rings. The molecule has 0 unspecified atom stereocenters. The molecule has 0 amide bonds. The zero-order valence-electron chi connectivity index (χ0n) is 26.9. The Balaban J connectivity index is 1.20. The first kappa shape index (κ1) is 26.3. The van der Waals surface area contributed by atoms with Crippen LogP contribution in [0.15, 0.2) is 156 Å². The van der Waals surface area contributed by atoms with Crippen LogP contribution in [-0.4, -0.2) is 14.1 Å². The van der Waals surface area contributed by atoms with Gasteiger partial charge in [0.25, 0.3) is 0 Å². The average Bonchev–Trinajstić information content (AvgIpc) is 3.81. The lowest BCUT2D eigenvalue weighted by atomic mass is 9.88. The summed E-state index contributed by atoms with van der Waals surface area (Å²) >= 11 is 0. The molecule has 2 aliphatic carbocycles. The highest BCUT2D eigenvalue weighted by molar-refractivity contribution is 6.16. The van der Waals surface area contributed by atoms with E-state index in [0.29, 0.717) is 0 Å². The highest BCUT2D eigenvalue weighted by Gasteiger charge is 2.24. The molecule has 0 atom stereocenters. The Morgan fingerprint density at radius 1 is 0.480 bits per heavy atom. The van der Waals surface area contributed by atoms with Crippen LogP contribution in [-0.2, 0) is 6.42 Å². The van der Waals surface area contributed by atoms with Crippen LogP contribution in [0, 0.1) is 0 Å². The van der Waals surface area contributed by atoms with Gasteiger partial charge in [-0.3, -0.25) is 4.98 Å². The summed E-state index contributed by atoms with van der Waals surface area (Å²) in [7, 11) is 0. The van der Waals surface area contributed by atoms with Crippen LogP contribution >= 0.6 is 0 Å². The molecule has 4 heteroatoms. The summed E-state index contributed by atoms with van der Waals surface area (Å²) in [5, 5.41) is 8.49. The molecule has 50 heavy (non-hydrogen) atoms. The van der Waals surface area contributed by atoms with Crippen LogP contribution in [0.2, 0.25) is 0 Å². The number of pyridine rings is 1. The monoisotopic (exact) mass is 637 g/mol. The van der Waals surface area contributed by atoms with E-state index in [-0.39, 0.29) is 0 Å². The number of benzene rings is 7. The van der Waals surface area contributed by atoms with Gasteiger partial charge in [-0.25, -0.2) is 0 Å². The molecular formula is C46H27N3O. The van der Waals surface area contributed by atoms with Crippen LogP contribution in [0.25, 0.3) is 99.0 Å². The third-order valence-corrected chi connectivity index (χ3v) is 10.9. The lowest BCUT2D eigenvalue weighted by Gasteiger charge is -2.18. The second-order valence-electron chi connectivity index (χ2n) is 13.6. The van der Waals surface area contributed by atoms with Gasteiger partial charge in [0.15, 0.2) is 0 Å². The Kier molecular flexibility index (Phi) is 5.00. The molecular weight excluding hydrogens is 611 g/mol. The molecule has 4 aromatic heterocycles. The zero-order chi connectivity index (χ0) is 32.5. The molecule has 0 saturated heterocycles. The van der Waals surface area contributed by atoms with Crippen molar-refractivity contribution in [1.82, 2.24) is 14.1 Å². The Hall–Kier alpha value is -6.65. The zero-order valence-corrected chi connectivity index (χ0v) is 26.9. The summed E-state index contributed by atoms with van der Waals surface area (Å²) in [5.41, 5.74) is 15.0. The van der Waals surface area contributed by atoms with Crippen LogP contribution in [0.5, 0.6) is 0 Å². The van der Waals surface area contributed by atoms with Crippen LogP contribution in [0.1, 0.15) is 11.1 Å². The largest absolute Gasteiger partial charge is 0.456 e. The van der Waals surface area contributed by atoms with Gasteiger partial charge in [-0.1, -0.05) is 72.8 Å². The first-order valence-corrected chi connectivity index (χ1v) is 17.2. The first-order chi connectivity index (χ1) is 24.8. The van der Waals surface area contributed by atoms with Gasteiger partial charge in [-0.2, -0.15) is 0 Å². The van der Waals surface area contributed by atoms with E-state index in [1.54, 1.807) is 0 Å². The minimum atomic E-state index is 0.887. The minimum Gasteiger partial charge on any atom is -0.456 e. The van der Waals surface area contributed by atoms with Crippen molar-refractivity contribution in [2.24, 2.45) is 0 Å². The third-order valence-electron chi connectivity index (χ3n) is 10.9. The summed E-state index contributed by atoms with van der Waals surface area (Å²) in [6.07, 6.45) is 2.89. The van der Waals surface area contributed by atoms with Crippen molar-refractivity contribution in [3.8, 4) is 22.5 Å². The maximum atomic E-state index is 6.52. The highest BCUT2D eigenvalue weighted by atomic mass is 16.3. The number of aromatic nitrogens is 3. The normalized spacial score (nSPS) is 12.7. The van der Waals surface area contributed by atoms with Crippen LogP contribution in [0.3, 0.4) is 0 Å². The van der Waals surface area contributed by atoms with E-state index >= 15 is 0 Å². The fourth-order valence-corrected chi connectivity index (χ4v) is 8.70. The molecule has 2 aliphatic rings. The molecule has 0 spiro atoms. The van der Waals surface area contributed by atoms with Gasteiger partial charge < -0.3 is 13.6 Å². The summed E-state index contributed by atoms with van der Waals surface area (Å²) in [5.74, 6) is 0. The molecule has 11 aromatic rings. The molecule has 232 valence electrons. The number of fused-ring (bicyclic) bond motifs is 8. The van der Waals surface area contributed by atoms with Crippen molar-refractivity contribution in [3.63, 3.8) is 0 Å². The fraction of sp³-hybridized carbons (Fsp3) is 0.0217. The molecule has 7 aromatic carbocycles. The van der Waals surface area contributed by atoms with E-state index in [0.717, 1.165) is 50.6 Å². The van der Waals surface area contributed by atoms with Gasteiger partial charge in [-0.05, 0) is 89.8 Å². The first-order valence-electron chi connectivity index (χ1n) is 17.2. The minimum absolute atomic E-state index is 0.887. The van der Waals surface area contributed by atoms with Crippen molar-refractivity contribution in [2.45, 2.75) is 6.42 Å². The number of hydrogen-bond acceptors (Lipinski definition) is 2. The Labute approximate surface area is 286 Å². The van der Waals surface area contributed by atoms with Crippen molar-refractivity contribution in [2.75, 3.05) is 0 Å². The van der Waals surface area contributed by atoms with Gasteiger partial charge in [0.2, 0.25) is 0 Å². The van der Waals surface area contributed by atoms with Crippen molar-refractivity contribution < 1.29 is 4.42 Å². The average molecular weight is 638 g/mol. The van der Waals surface area contributed by atoms with E-state index in [4.69, 9.17) is 9.40 Å². The lowest BCUT2D eigenvalue weighted by Crippen LogP contribution is -2.03. The van der Waals surface area contributed by atoms with Gasteiger partial charge in [-0.15, -0.1) is 0 Å². The predicted octanol–water partition coefficient (Wildman–Crippen LogP) is 11.9. The second-order valence-corrected chi connectivity index (χ2v) is 13.6. The van der Waals surface area contributed by atoms with E-state index < -0.39 is 0 Å². The summed E-state index contributed by atoms with van der Waals surface area (Å²) in [6.45, 7) is 0. The molecule has 4 nitrogen and oxygen atoms in total. The van der Waals surface area contributed by atoms with Gasteiger partial charge in [0, 0.05) is 55.5 Å². The Bertz CT molecular complexity index is 3190. The molecule has 0 N–H and O–H groups in total.